The van der Waals surface area contributed by atoms with Gasteiger partial charge in [0.25, 0.3) is 0 Å². The second kappa shape index (κ2) is 6.47. The van der Waals surface area contributed by atoms with E-state index in [-0.39, 0.29) is 23.5 Å². The van der Waals surface area contributed by atoms with Crippen LogP contribution in [0.2, 0.25) is 0 Å². The van der Waals surface area contributed by atoms with Crippen LogP contribution in [0.15, 0.2) is 35.4 Å². The zero-order chi connectivity index (χ0) is 18.3. The first-order valence-corrected chi connectivity index (χ1v) is 8.63. The lowest BCUT2D eigenvalue weighted by molar-refractivity contribution is -0.148. The van der Waals surface area contributed by atoms with Gasteiger partial charge in [-0.25, -0.2) is 0 Å². The van der Waals surface area contributed by atoms with E-state index in [0.717, 1.165) is 18.4 Å². The molecule has 2 aliphatic rings. The first kappa shape index (κ1) is 17.4. The molecule has 2 bridgehead atoms. The van der Waals surface area contributed by atoms with Crippen molar-refractivity contribution in [1.82, 2.24) is 0 Å². The summed E-state index contributed by atoms with van der Waals surface area (Å²) in [6.45, 7) is 5.49. The number of rotatable bonds is 4. The molecule has 2 saturated carbocycles. The second-order valence-corrected chi connectivity index (χ2v) is 7.26. The molecule has 0 heterocycles. The lowest BCUT2D eigenvalue weighted by atomic mass is 9.78. The van der Waals surface area contributed by atoms with Crippen molar-refractivity contribution in [2.24, 2.45) is 23.7 Å². The Morgan fingerprint density at radius 1 is 0.960 bits per heavy atom. The van der Waals surface area contributed by atoms with Gasteiger partial charge in [-0.15, -0.1) is 0 Å². The molecule has 3 rings (SSSR count). The molecular weight excluding hydrogens is 318 g/mol. The minimum atomic E-state index is -0.891. The standard InChI is InChI=1S/C20H23NO4/c1-10(2)16-14-8-9-15(16)18(20(24)25)17(14)19(23)21-13-6-4-12(5-7-13)11(3)22/h4-7,14-15,17-18H,8-9H2,1-3H3,(H,21,23)(H,24,25)/t14-,15+,17-,18+/m1/s1. The highest BCUT2D eigenvalue weighted by molar-refractivity contribution is 5.98. The number of amides is 1. The number of hydrogen-bond donors (Lipinski definition) is 2. The summed E-state index contributed by atoms with van der Waals surface area (Å²) < 4.78 is 0. The van der Waals surface area contributed by atoms with E-state index >= 15 is 0 Å². The molecule has 5 nitrogen and oxygen atoms in total. The largest absolute Gasteiger partial charge is 0.481 e. The molecule has 4 atom stereocenters. The highest BCUT2D eigenvalue weighted by Crippen LogP contribution is 2.57. The van der Waals surface area contributed by atoms with Crippen LogP contribution in [0.3, 0.4) is 0 Å². The predicted molar refractivity (Wildman–Crippen MR) is 94.3 cm³/mol. The van der Waals surface area contributed by atoms with Crippen LogP contribution in [0.25, 0.3) is 0 Å². The maximum atomic E-state index is 12.8. The number of carbonyl (C=O) groups is 3. The number of carbonyl (C=O) groups excluding carboxylic acids is 2. The molecular formula is C20H23NO4. The Balaban J connectivity index is 1.84. The number of anilines is 1. The molecule has 1 amide bonds. The molecule has 5 heteroatoms. The molecule has 25 heavy (non-hydrogen) atoms. The van der Waals surface area contributed by atoms with Gasteiger partial charge < -0.3 is 10.4 Å². The number of Topliss-reactive ketones (excluding diaryl/α,β-unsaturated/α-hetero) is 1. The summed E-state index contributed by atoms with van der Waals surface area (Å²) >= 11 is 0. The molecule has 1 aromatic carbocycles. The van der Waals surface area contributed by atoms with Gasteiger partial charge >= 0.3 is 5.97 Å². The Morgan fingerprint density at radius 2 is 1.52 bits per heavy atom. The van der Waals surface area contributed by atoms with Crippen molar-refractivity contribution >= 4 is 23.3 Å². The van der Waals surface area contributed by atoms with Crippen LogP contribution < -0.4 is 5.32 Å². The summed E-state index contributed by atoms with van der Waals surface area (Å²) in [4.78, 5) is 36.0. The number of aliphatic carboxylic acids is 1. The van der Waals surface area contributed by atoms with Crippen LogP contribution in [0.5, 0.6) is 0 Å². The van der Waals surface area contributed by atoms with Gasteiger partial charge in [0.05, 0.1) is 11.8 Å². The van der Waals surface area contributed by atoms with Gasteiger partial charge in [-0.3, -0.25) is 14.4 Å². The van der Waals surface area contributed by atoms with Gasteiger partial charge in [0.2, 0.25) is 5.91 Å². The van der Waals surface area contributed by atoms with E-state index in [9.17, 15) is 19.5 Å². The van der Waals surface area contributed by atoms with Crippen LogP contribution in [0.4, 0.5) is 5.69 Å². The topological polar surface area (TPSA) is 83.5 Å². The zero-order valence-corrected chi connectivity index (χ0v) is 14.7. The van der Waals surface area contributed by atoms with Gasteiger partial charge in [-0.2, -0.15) is 0 Å². The Kier molecular flexibility index (Phi) is 4.50. The number of carboxylic acid groups (broad SMARTS) is 1. The Morgan fingerprint density at radius 3 is 2.00 bits per heavy atom. The number of fused-ring (bicyclic) bond motifs is 2. The van der Waals surface area contributed by atoms with E-state index in [0.29, 0.717) is 11.3 Å². The smallest absolute Gasteiger partial charge is 0.307 e. The molecule has 0 aromatic heterocycles. The normalized spacial score (nSPS) is 27.2. The summed E-state index contributed by atoms with van der Waals surface area (Å²) in [5.74, 6) is -2.36. The van der Waals surface area contributed by atoms with Gasteiger partial charge in [0, 0.05) is 11.3 Å². The third-order valence-electron chi connectivity index (χ3n) is 5.57. The van der Waals surface area contributed by atoms with Crippen LogP contribution in [0, 0.1) is 23.7 Å². The summed E-state index contributed by atoms with van der Waals surface area (Å²) in [7, 11) is 0. The van der Waals surface area contributed by atoms with Gasteiger partial charge in [-0.1, -0.05) is 11.1 Å². The van der Waals surface area contributed by atoms with Crippen LogP contribution in [-0.4, -0.2) is 22.8 Å². The minimum absolute atomic E-state index is 0.0209. The molecule has 0 spiro atoms. The van der Waals surface area contributed by atoms with Crippen LogP contribution in [-0.2, 0) is 9.59 Å². The lowest BCUT2D eigenvalue weighted by Crippen LogP contribution is -2.37. The van der Waals surface area contributed by atoms with E-state index in [1.54, 1.807) is 24.3 Å². The molecule has 2 fully saturated rings. The molecule has 1 aromatic rings. The Bertz CT molecular complexity index is 758. The van der Waals surface area contributed by atoms with E-state index < -0.39 is 17.8 Å². The first-order chi connectivity index (χ1) is 11.8. The van der Waals surface area contributed by atoms with Crippen molar-refractivity contribution in [3.8, 4) is 0 Å². The fourth-order valence-corrected chi connectivity index (χ4v) is 4.62. The number of hydrogen-bond acceptors (Lipinski definition) is 3. The van der Waals surface area contributed by atoms with E-state index in [4.69, 9.17) is 0 Å². The summed E-state index contributed by atoms with van der Waals surface area (Å²) in [5.41, 5.74) is 3.47. The molecule has 0 saturated heterocycles. The van der Waals surface area contributed by atoms with Crippen molar-refractivity contribution < 1.29 is 19.5 Å². The van der Waals surface area contributed by atoms with Crippen molar-refractivity contribution in [2.45, 2.75) is 33.6 Å². The monoisotopic (exact) mass is 341 g/mol. The molecule has 0 radical (unpaired) electrons. The fraction of sp³-hybridized carbons (Fsp3) is 0.450. The van der Waals surface area contributed by atoms with E-state index in [1.807, 2.05) is 13.8 Å². The number of carboxylic acids is 1. The fourth-order valence-electron chi connectivity index (χ4n) is 4.62. The van der Waals surface area contributed by atoms with Crippen LogP contribution >= 0.6 is 0 Å². The SMILES string of the molecule is CC(=O)c1ccc(NC(=O)[C@H]2[C@@H](C(=O)O)[C@H]3CC[C@@H]2C3=C(C)C)cc1. The van der Waals surface area contributed by atoms with Crippen molar-refractivity contribution in [3.05, 3.63) is 41.0 Å². The zero-order valence-electron chi connectivity index (χ0n) is 14.7. The maximum absolute atomic E-state index is 12.8. The lowest BCUT2D eigenvalue weighted by Gasteiger charge is -2.26. The predicted octanol–water partition coefficient (Wildman–Crippen LogP) is 3.52. The number of benzene rings is 1. The number of nitrogens with one attached hydrogen (secondary N) is 1. The minimum Gasteiger partial charge on any atom is -0.481 e. The second-order valence-electron chi connectivity index (χ2n) is 7.26. The summed E-state index contributed by atoms with van der Waals surface area (Å²) in [5, 5.41) is 12.5. The summed E-state index contributed by atoms with van der Waals surface area (Å²) in [6.07, 6.45) is 1.72. The highest BCUT2D eigenvalue weighted by Gasteiger charge is 2.57. The molecule has 0 aliphatic heterocycles. The molecule has 2 aliphatic carbocycles. The summed E-state index contributed by atoms with van der Waals surface area (Å²) in [6, 6.07) is 6.68. The third kappa shape index (κ3) is 2.99. The highest BCUT2D eigenvalue weighted by atomic mass is 16.4. The van der Waals surface area contributed by atoms with Crippen molar-refractivity contribution in [2.75, 3.05) is 5.32 Å². The quantitative estimate of drug-likeness (QED) is 0.648. The maximum Gasteiger partial charge on any atom is 0.307 e. The Hall–Kier alpha value is -2.43. The molecule has 0 unspecified atom stereocenters. The van der Waals surface area contributed by atoms with E-state index in [2.05, 4.69) is 5.32 Å². The number of allylic oxidation sites excluding steroid dienone is 2. The van der Waals surface area contributed by atoms with E-state index in [1.165, 1.54) is 12.5 Å². The van der Waals surface area contributed by atoms with Gasteiger partial charge in [0.1, 0.15) is 0 Å². The molecule has 132 valence electrons. The Labute approximate surface area is 147 Å². The van der Waals surface area contributed by atoms with Gasteiger partial charge in [0.15, 0.2) is 5.78 Å². The van der Waals surface area contributed by atoms with Crippen molar-refractivity contribution in [3.63, 3.8) is 0 Å². The molecule has 2 N–H and O–H groups in total. The number of ketones is 1. The average Bonchev–Trinajstić information content (AvgIpc) is 3.11. The van der Waals surface area contributed by atoms with Gasteiger partial charge in [-0.05, 0) is 69.7 Å². The first-order valence-electron chi connectivity index (χ1n) is 8.63. The average molecular weight is 341 g/mol. The third-order valence-corrected chi connectivity index (χ3v) is 5.57. The van der Waals surface area contributed by atoms with Crippen molar-refractivity contribution in [1.29, 1.82) is 0 Å². The van der Waals surface area contributed by atoms with Crippen LogP contribution in [0.1, 0.15) is 44.0 Å².